The molecule has 3 rings (SSSR count). The summed E-state index contributed by atoms with van der Waals surface area (Å²) in [7, 11) is -1.31. The molecule has 10 heteroatoms. The van der Waals surface area contributed by atoms with E-state index < -0.39 is 27.8 Å². The molecule has 0 saturated carbocycles. The summed E-state index contributed by atoms with van der Waals surface area (Å²) in [5, 5.41) is 18.5. The van der Waals surface area contributed by atoms with Crippen LogP contribution in [-0.4, -0.2) is 31.1 Å². The van der Waals surface area contributed by atoms with E-state index in [1.54, 1.807) is 38.1 Å². The number of hydrogen-bond donors (Lipinski definition) is 0. The minimum absolute atomic E-state index is 0.0566. The highest BCUT2D eigenvalue weighted by atomic mass is 32.2. The zero-order valence-electron chi connectivity index (χ0n) is 15.6. The molecule has 0 N–H and O–H groups in total. The Kier molecular flexibility index (Phi) is 6.13. The fourth-order valence-electron chi connectivity index (χ4n) is 2.50. The summed E-state index contributed by atoms with van der Waals surface area (Å²) in [5.74, 6) is -0.0571. The molecule has 0 aliphatic heterocycles. The predicted octanol–water partition coefficient (Wildman–Crippen LogP) is 3.69. The number of rotatable bonds is 7. The first kappa shape index (κ1) is 20.3. The third-order valence-corrected chi connectivity index (χ3v) is 5.38. The maximum atomic E-state index is 12.5. The fourth-order valence-corrected chi connectivity index (χ4v) is 3.44. The average molecular weight is 415 g/mol. The molecule has 0 fully saturated rings. The van der Waals surface area contributed by atoms with Gasteiger partial charge in [-0.05, 0) is 31.2 Å². The Morgan fingerprint density at radius 1 is 1.21 bits per heavy atom. The molecule has 3 aromatic rings. The summed E-state index contributed by atoms with van der Waals surface area (Å²) < 4.78 is 23.1. The van der Waals surface area contributed by atoms with Crippen molar-refractivity contribution in [3.8, 4) is 11.5 Å². The highest BCUT2D eigenvalue weighted by Crippen LogP contribution is 2.25. The molecular weight excluding hydrogens is 398 g/mol. The average Bonchev–Trinajstić information content (AvgIpc) is 3.23. The van der Waals surface area contributed by atoms with Crippen LogP contribution in [0.5, 0.6) is 0 Å². The van der Waals surface area contributed by atoms with Crippen molar-refractivity contribution >= 4 is 22.5 Å². The zero-order chi connectivity index (χ0) is 21.0. The SMILES string of the molecule is CC[S@](=O)c1ccccc1C(=O)O[C@H](C)c1nnc(-c2ccc([N+](=O)[O-])cc2)o1. The van der Waals surface area contributed by atoms with Gasteiger partial charge in [0, 0.05) is 23.4 Å². The Labute approximate surface area is 168 Å². The zero-order valence-corrected chi connectivity index (χ0v) is 16.4. The van der Waals surface area contributed by atoms with Gasteiger partial charge in [-0.2, -0.15) is 0 Å². The van der Waals surface area contributed by atoms with Gasteiger partial charge in [0.2, 0.25) is 5.89 Å². The third kappa shape index (κ3) is 4.54. The molecule has 150 valence electrons. The van der Waals surface area contributed by atoms with Crippen LogP contribution in [-0.2, 0) is 15.5 Å². The van der Waals surface area contributed by atoms with Gasteiger partial charge in [-0.25, -0.2) is 4.79 Å². The van der Waals surface area contributed by atoms with Crippen LogP contribution in [0.4, 0.5) is 5.69 Å². The molecule has 0 amide bonds. The number of ether oxygens (including phenoxy) is 1. The van der Waals surface area contributed by atoms with E-state index in [4.69, 9.17) is 9.15 Å². The van der Waals surface area contributed by atoms with E-state index in [0.717, 1.165) is 0 Å². The van der Waals surface area contributed by atoms with Crippen LogP contribution in [0.2, 0.25) is 0 Å². The predicted molar refractivity (Wildman–Crippen MR) is 104 cm³/mol. The number of nitro groups is 1. The molecule has 2 atom stereocenters. The lowest BCUT2D eigenvalue weighted by Crippen LogP contribution is -2.12. The highest BCUT2D eigenvalue weighted by molar-refractivity contribution is 7.85. The molecule has 0 aliphatic rings. The Balaban J connectivity index is 1.75. The second-order valence-electron chi connectivity index (χ2n) is 5.93. The number of aromatic nitrogens is 2. The Hall–Kier alpha value is -3.40. The summed E-state index contributed by atoms with van der Waals surface area (Å²) in [6.45, 7) is 3.34. The Bertz CT molecular complexity index is 1060. The van der Waals surface area contributed by atoms with Gasteiger partial charge < -0.3 is 9.15 Å². The van der Waals surface area contributed by atoms with Crippen molar-refractivity contribution in [1.82, 2.24) is 10.2 Å². The van der Waals surface area contributed by atoms with Crippen LogP contribution in [0.3, 0.4) is 0 Å². The number of nitro benzene ring substituents is 1. The summed E-state index contributed by atoms with van der Waals surface area (Å²) in [4.78, 5) is 23.2. The van der Waals surface area contributed by atoms with Crippen molar-refractivity contribution in [2.75, 3.05) is 5.75 Å². The van der Waals surface area contributed by atoms with Gasteiger partial charge in [0.05, 0.1) is 26.2 Å². The molecule has 1 heterocycles. The smallest absolute Gasteiger partial charge is 0.340 e. The van der Waals surface area contributed by atoms with Crippen molar-refractivity contribution in [3.05, 3.63) is 70.1 Å². The van der Waals surface area contributed by atoms with E-state index >= 15 is 0 Å². The van der Waals surface area contributed by atoms with Crippen molar-refractivity contribution in [2.24, 2.45) is 0 Å². The van der Waals surface area contributed by atoms with E-state index in [1.165, 1.54) is 24.3 Å². The van der Waals surface area contributed by atoms with Crippen LogP contribution in [0.1, 0.15) is 36.2 Å². The van der Waals surface area contributed by atoms with E-state index in [1.807, 2.05) is 0 Å². The molecule has 2 aromatic carbocycles. The molecular formula is C19H17N3O6S. The molecule has 0 aliphatic carbocycles. The van der Waals surface area contributed by atoms with E-state index in [-0.39, 0.29) is 23.0 Å². The van der Waals surface area contributed by atoms with Gasteiger partial charge in [0.1, 0.15) is 0 Å². The van der Waals surface area contributed by atoms with Crippen LogP contribution in [0, 0.1) is 10.1 Å². The summed E-state index contributed by atoms with van der Waals surface area (Å²) in [6.07, 6.45) is -0.843. The number of esters is 1. The second kappa shape index (κ2) is 8.74. The van der Waals surface area contributed by atoms with Crippen LogP contribution < -0.4 is 0 Å². The minimum Gasteiger partial charge on any atom is -0.449 e. The van der Waals surface area contributed by atoms with Gasteiger partial charge in [0.15, 0.2) is 6.10 Å². The lowest BCUT2D eigenvalue weighted by Gasteiger charge is -2.11. The van der Waals surface area contributed by atoms with E-state index in [9.17, 15) is 19.1 Å². The molecule has 0 spiro atoms. The summed E-state index contributed by atoms with van der Waals surface area (Å²) in [6, 6.07) is 12.2. The number of hydrogen-bond acceptors (Lipinski definition) is 8. The molecule has 0 unspecified atom stereocenters. The largest absolute Gasteiger partial charge is 0.449 e. The summed E-state index contributed by atoms with van der Waals surface area (Å²) in [5.41, 5.74) is 0.658. The molecule has 9 nitrogen and oxygen atoms in total. The Morgan fingerprint density at radius 3 is 2.55 bits per heavy atom. The van der Waals surface area contributed by atoms with Gasteiger partial charge in [0.25, 0.3) is 11.6 Å². The number of non-ortho nitro benzene ring substituents is 1. The first-order valence-corrected chi connectivity index (χ1v) is 9.99. The molecule has 0 bridgehead atoms. The van der Waals surface area contributed by atoms with Gasteiger partial charge in [-0.1, -0.05) is 19.1 Å². The topological polar surface area (TPSA) is 125 Å². The monoisotopic (exact) mass is 415 g/mol. The molecule has 1 aromatic heterocycles. The fraction of sp³-hybridized carbons (Fsp3) is 0.211. The third-order valence-electron chi connectivity index (χ3n) is 4.01. The summed E-state index contributed by atoms with van der Waals surface area (Å²) >= 11 is 0. The quantitative estimate of drug-likeness (QED) is 0.325. The van der Waals surface area contributed by atoms with E-state index in [0.29, 0.717) is 16.2 Å². The first-order valence-electron chi connectivity index (χ1n) is 8.67. The Morgan fingerprint density at radius 2 is 1.90 bits per heavy atom. The van der Waals surface area contributed by atoms with Crippen molar-refractivity contribution in [3.63, 3.8) is 0 Å². The molecule has 0 radical (unpaired) electrons. The van der Waals surface area contributed by atoms with Gasteiger partial charge in [-0.15, -0.1) is 10.2 Å². The van der Waals surface area contributed by atoms with Crippen molar-refractivity contribution in [2.45, 2.75) is 24.8 Å². The van der Waals surface area contributed by atoms with Gasteiger partial charge in [-0.3, -0.25) is 14.3 Å². The first-order chi connectivity index (χ1) is 13.9. The second-order valence-corrected chi connectivity index (χ2v) is 7.64. The highest BCUT2D eigenvalue weighted by Gasteiger charge is 2.23. The van der Waals surface area contributed by atoms with Gasteiger partial charge >= 0.3 is 5.97 Å². The normalized spacial score (nSPS) is 12.9. The van der Waals surface area contributed by atoms with Crippen molar-refractivity contribution < 1.29 is 23.1 Å². The van der Waals surface area contributed by atoms with Crippen LogP contribution >= 0.6 is 0 Å². The van der Waals surface area contributed by atoms with E-state index in [2.05, 4.69) is 10.2 Å². The van der Waals surface area contributed by atoms with Crippen molar-refractivity contribution in [1.29, 1.82) is 0 Å². The number of carbonyl (C=O) groups is 1. The van der Waals surface area contributed by atoms with Crippen LogP contribution in [0.25, 0.3) is 11.5 Å². The standard InChI is InChI=1S/C19H17N3O6S/c1-3-29(26)16-7-5-4-6-15(16)19(23)27-12(2)17-20-21-18(28-17)13-8-10-14(11-9-13)22(24)25/h4-12H,3H2,1-2H3/t12-,29+/m1/s1. The minimum atomic E-state index is -1.31. The number of benzene rings is 2. The lowest BCUT2D eigenvalue weighted by molar-refractivity contribution is -0.384. The number of nitrogens with zero attached hydrogens (tertiary/aromatic N) is 3. The molecule has 29 heavy (non-hydrogen) atoms. The lowest BCUT2D eigenvalue weighted by atomic mass is 10.2. The maximum absolute atomic E-state index is 12.5. The van der Waals surface area contributed by atoms with Crippen LogP contribution in [0.15, 0.2) is 57.8 Å². The molecule has 0 saturated heterocycles. The number of carbonyl (C=O) groups excluding carboxylic acids is 1. The maximum Gasteiger partial charge on any atom is 0.340 e.